The zero-order valence-corrected chi connectivity index (χ0v) is 19.0. The second kappa shape index (κ2) is 9.42. The van der Waals surface area contributed by atoms with E-state index in [1.807, 2.05) is 42.6 Å². The van der Waals surface area contributed by atoms with Crippen molar-refractivity contribution in [2.24, 2.45) is 0 Å². The monoisotopic (exact) mass is 479 g/mol. The number of fused-ring (bicyclic) bond motifs is 1. The smallest absolute Gasteiger partial charge is 0.127 e. The predicted molar refractivity (Wildman–Crippen MR) is 129 cm³/mol. The van der Waals surface area contributed by atoms with E-state index in [2.05, 4.69) is 4.98 Å². The highest BCUT2D eigenvalue weighted by molar-refractivity contribution is 7.15. The minimum absolute atomic E-state index is 0.111. The standard InChI is InChI=1S/C26H25NO6S/c28-13-19-23(30)24(31)25(32)26(33-19)18-10-15(22(29)17-9-5-4-8-16(17)18)11-21-27-12-20(34-21)14-6-2-1-3-7-14/h1-10,12,19,23-26,28-32H,11,13H2/t19-,23-,24+,25-,26+/m1/s1. The van der Waals surface area contributed by atoms with Crippen molar-refractivity contribution in [3.05, 3.63) is 83.0 Å². The van der Waals surface area contributed by atoms with Crippen LogP contribution in [0, 0.1) is 0 Å². The third kappa shape index (κ3) is 4.09. The highest BCUT2D eigenvalue weighted by Gasteiger charge is 2.44. The molecule has 0 radical (unpaired) electrons. The van der Waals surface area contributed by atoms with Gasteiger partial charge in [0.25, 0.3) is 0 Å². The molecule has 2 heterocycles. The zero-order chi connectivity index (χ0) is 23.8. The van der Waals surface area contributed by atoms with E-state index >= 15 is 0 Å². The molecule has 3 aromatic carbocycles. The highest BCUT2D eigenvalue weighted by Crippen LogP contribution is 2.41. The number of hydrogen-bond donors (Lipinski definition) is 5. The Morgan fingerprint density at radius 2 is 1.59 bits per heavy atom. The number of phenolic OH excluding ortho intramolecular Hbond substituents is 1. The molecule has 1 saturated heterocycles. The molecule has 5 N–H and O–H groups in total. The van der Waals surface area contributed by atoms with Crippen molar-refractivity contribution in [3.8, 4) is 16.2 Å². The fraction of sp³-hybridized carbons (Fsp3) is 0.269. The molecule has 4 aromatic rings. The van der Waals surface area contributed by atoms with Crippen LogP contribution in [-0.4, -0.2) is 61.5 Å². The Labute approximate surface area is 200 Å². The second-order valence-corrected chi connectivity index (χ2v) is 9.54. The van der Waals surface area contributed by atoms with E-state index in [-0.39, 0.29) is 5.75 Å². The summed E-state index contributed by atoms with van der Waals surface area (Å²) in [4.78, 5) is 5.55. The van der Waals surface area contributed by atoms with Gasteiger partial charge in [-0.3, -0.25) is 0 Å². The minimum Gasteiger partial charge on any atom is -0.507 e. The van der Waals surface area contributed by atoms with Crippen LogP contribution in [0.1, 0.15) is 22.2 Å². The summed E-state index contributed by atoms with van der Waals surface area (Å²) < 4.78 is 5.83. The van der Waals surface area contributed by atoms with Crippen molar-refractivity contribution >= 4 is 22.1 Å². The van der Waals surface area contributed by atoms with Gasteiger partial charge in [-0.25, -0.2) is 4.98 Å². The van der Waals surface area contributed by atoms with E-state index in [1.165, 1.54) is 11.3 Å². The van der Waals surface area contributed by atoms with Gasteiger partial charge in [0, 0.05) is 23.6 Å². The summed E-state index contributed by atoms with van der Waals surface area (Å²) in [5.41, 5.74) is 2.22. The summed E-state index contributed by atoms with van der Waals surface area (Å²) in [6.07, 6.45) is -4.19. The fourth-order valence-corrected chi connectivity index (χ4v) is 5.41. The molecule has 1 aromatic heterocycles. The van der Waals surface area contributed by atoms with Crippen LogP contribution in [0.2, 0.25) is 0 Å². The molecule has 1 aliphatic heterocycles. The van der Waals surface area contributed by atoms with Gasteiger partial charge in [-0.2, -0.15) is 0 Å². The van der Waals surface area contributed by atoms with Crippen LogP contribution in [0.25, 0.3) is 21.2 Å². The maximum absolute atomic E-state index is 11.1. The third-order valence-corrected chi connectivity index (χ3v) is 7.33. The number of nitrogens with zero attached hydrogens (tertiary/aromatic N) is 1. The Bertz CT molecular complexity index is 1290. The number of aromatic hydroxyl groups is 1. The maximum Gasteiger partial charge on any atom is 0.127 e. The molecule has 0 unspecified atom stereocenters. The summed E-state index contributed by atoms with van der Waals surface area (Å²) in [6.45, 7) is -0.508. The summed E-state index contributed by atoms with van der Waals surface area (Å²) >= 11 is 1.53. The van der Waals surface area contributed by atoms with E-state index in [0.717, 1.165) is 15.4 Å². The van der Waals surface area contributed by atoms with Crippen LogP contribution in [0.4, 0.5) is 0 Å². The molecule has 1 aliphatic rings. The molecule has 7 nitrogen and oxygen atoms in total. The number of rotatable bonds is 5. The molecular weight excluding hydrogens is 454 g/mol. The maximum atomic E-state index is 11.1. The zero-order valence-electron chi connectivity index (χ0n) is 18.2. The topological polar surface area (TPSA) is 123 Å². The number of aromatic nitrogens is 1. The van der Waals surface area contributed by atoms with E-state index in [0.29, 0.717) is 28.3 Å². The predicted octanol–water partition coefficient (Wildman–Crippen LogP) is 2.77. The number of phenols is 1. The normalized spacial score (nSPS) is 25.0. The lowest BCUT2D eigenvalue weighted by molar-refractivity contribution is -0.231. The first-order chi connectivity index (χ1) is 16.5. The number of benzene rings is 3. The Morgan fingerprint density at radius 3 is 2.32 bits per heavy atom. The summed E-state index contributed by atoms with van der Waals surface area (Å²) in [5.74, 6) is 0.111. The van der Waals surface area contributed by atoms with Gasteiger partial charge in [0.1, 0.15) is 36.3 Å². The Kier molecular flexibility index (Phi) is 6.35. The van der Waals surface area contributed by atoms with Crippen molar-refractivity contribution in [2.75, 3.05) is 6.61 Å². The van der Waals surface area contributed by atoms with Gasteiger partial charge in [0.2, 0.25) is 0 Å². The average Bonchev–Trinajstić information content (AvgIpc) is 3.34. The summed E-state index contributed by atoms with van der Waals surface area (Å²) in [7, 11) is 0. The van der Waals surface area contributed by atoms with Crippen LogP contribution >= 0.6 is 11.3 Å². The van der Waals surface area contributed by atoms with Crippen molar-refractivity contribution in [2.45, 2.75) is 36.9 Å². The van der Waals surface area contributed by atoms with Crippen LogP contribution < -0.4 is 0 Å². The molecule has 0 bridgehead atoms. The van der Waals surface area contributed by atoms with Crippen molar-refractivity contribution < 1.29 is 30.3 Å². The lowest BCUT2D eigenvalue weighted by Gasteiger charge is -2.40. The van der Waals surface area contributed by atoms with Gasteiger partial charge in [0.15, 0.2) is 0 Å². The van der Waals surface area contributed by atoms with Crippen LogP contribution in [0.5, 0.6) is 5.75 Å². The van der Waals surface area contributed by atoms with Gasteiger partial charge in [-0.15, -0.1) is 11.3 Å². The average molecular weight is 480 g/mol. The van der Waals surface area contributed by atoms with E-state index in [4.69, 9.17) is 4.74 Å². The second-order valence-electron chi connectivity index (χ2n) is 8.43. The lowest BCUT2D eigenvalue weighted by atomic mass is 9.87. The number of thiazole rings is 1. The van der Waals surface area contributed by atoms with E-state index < -0.39 is 37.1 Å². The molecule has 0 aliphatic carbocycles. The van der Waals surface area contributed by atoms with Gasteiger partial charge < -0.3 is 30.3 Å². The van der Waals surface area contributed by atoms with E-state index in [9.17, 15) is 25.5 Å². The van der Waals surface area contributed by atoms with Gasteiger partial charge in [-0.1, -0.05) is 54.6 Å². The van der Waals surface area contributed by atoms with Gasteiger partial charge in [-0.05, 0) is 22.6 Å². The summed E-state index contributed by atoms with van der Waals surface area (Å²) in [6, 6.07) is 18.9. The molecule has 0 saturated carbocycles. The molecule has 8 heteroatoms. The van der Waals surface area contributed by atoms with Gasteiger partial charge >= 0.3 is 0 Å². The molecule has 1 fully saturated rings. The number of aliphatic hydroxyl groups is 4. The van der Waals surface area contributed by atoms with E-state index in [1.54, 1.807) is 24.3 Å². The quantitative estimate of drug-likeness (QED) is 0.298. The first-order valence-electron chi connectivity index (χ1n) is 11.0. The molecule has 0 amide bonds. The molecular formula is C26H25NO6S. The Hall–Kier alpha value is -2.85. The first kappa shape index (κ1) is 22.9. The van der Waals surface area contributed by atoms with Crippen LogP contribution in [-0.2, 0) is 11.2 Å². The van der Waals surface area contributed by atoms with Gasteiger partial charge in [0.05, 0.1) is 16.5 Å². The largest absolute Gasteiger partial charge is 0.507 e. The fourth-order valence-electron chi connectivity index (χ4n) is 4.47. The minimum atomic E-state index is -1.49. The molecule has 34 heavy (non-hydrogen) atoms. The molecule has 5 atom stereocenters. The third-order valence-electron chi connectivity index (χ3n) is 6.28. The SMILES string of the molecule is OC[C@H]1O[C@@H](c2cc(Cc3ncc(-c4ccccc4)s3)c(O)c3ccccc23)[C@H](O)[C@@H](O)[C@@H]1O. The van der Waals surface area contributed by atoms with Crippen molar-refractivity contribution in [1.29, 1.82) is 0 Å². The molecule has 176 valence electrons. The first-order valence-corrected chi connectivity index (χ1v) is 11.8. The lowest BCUT2D eigenvalue weighted by Crippen LogP contribution is -2.55. The molecule has 0 spiro atoms. The Balaban J connectivity index is 1.56. The summed E-state index contributed by atoms with van der Waals surface area (Å²) in [5, 5.41) is 53.9. The highest BCUT2D eigenvalue weighted by atomic mass is 32.1. The Morgan fingerprint density at radius 1 is 0.882 bits per heavy atom. The molecule has 5 rings (SSSR count). The van der Waals surface area contributed by atoms with Crippen molar-refractivity contribution in [3.63, 3.8) is 0 Å². The van der Waals surface area contributed by atoms with Crippen LogP contribution in [0.15, 0.2) is 66.9 Å². The number of hydrogen-bond acceptors (Lipinski definition) is 8. The van der Waals surface area contributed by atoms with Crippen LogP contribution in [0.3, 0.4) is 0 Å². The number of ether oxygens (including phenoxy) is 1. The number of aliphatic hydroxyl groups excluding tert-OH is 4. The van der Waals surface area contributed by atoms with Crippen molar-refractivity contribution in [1.82, 2.24) is 4.98 Å².